The lowest BCUT2D eigenvalue weighted by molar-refractivity contribution is -0.142. The average molecular weight is 302 g/mol. The van der Waals surface area contributed by atoms with E-state index >= 15 is 0 Å². The van der Waals surface area contributed by atoms with E-state index in [1.807, 2.05) is 35.2 Å². The fraction of sp³-hybridized carbons (Fsp3) is 0.611. The van der Waals surface area contributed by atoms with Crippen LogP contribution in [0.25, 0.3) is 0 Å². The van der Waals surface area contributed by atoms with E-state index in [4.69, 9.17) is 0 Å². The molecule has 1 aromatic carbocycles. The molecule has 2 heterocycles. The van der Waals surface area contributed by atoms with Crippen LogP contribution in [0.3, 0.4) is 0 Å². The second-order valence-electron chi connectivity index (χ2n) is 6.97. The number of likely N-dealkylation sites (tertiary alicyclic amines) is 1. The number of benzene rings is 1. The molecule has 1 amide bonds. The molecule has 0 aromatic heterocycles. The number of rotatable bonds is 3. The van der Waals surface area contributed by atoms with Gasteiger partial charge in [0, 0.05) is 19.6 Å². The molecule has 2 saturated heterocycles. The minimum atomic E-state index is -0.415. The Balaban J connectivity index is 1.57. The van der Waals surface area contributed by atoms with E-state index in [-0.39, 0.29) is 17.2 Å². The van der Waals surface area contributed by atoms with Gasteiger partial charge in [-0.1, -0.05) is 30.3 Å². The first kappa shape index (κ1) is 15.5. The molecule has 2 fully saturated rings. The third kappa shape index (κ3) is 3.03. The van der Waals surface area contributed by atoms with Crippen molar-refractivity contribution in [3.63, 3.8) is 0 Å². The summed E-state index contributed by atoms with van der Waals surface area (Å²) in [7, 11) is 0. The number of nitrogens with zero attached hydrogens (tertiary/aromatic N) is 1. The Kier molecular flexibility index (Phi) is 4.50. The molecule has 2 aliphatic heterocycles. The molecule has 2 atom stereocenters. The van der Waals surface area contributed by atoms with E-state index < -0.39 is 6.10 Å². The molecule has 2 unspecified atom stereocenters. The van der Waals surface area contributed by atoms with Crippen LogP contribution in [0.15, 0.2) is 30.3 Å². The van der Waals surface area contributed by atoms with Gasteiger partial charge in [0.1, 0.15) is 0 Å². The summed E-state index contributed by atoms with van der Waals surface area (Å²) < 4.78 is 0. The average Bonchev–Trinajstić information content (AvgIpc) is 3.02. The van der Waals surface area contributed by atoms with Crippen LogP contribution in [0.5, 0.6) is 0 Å². The largest absolute Gasteiger partial charge is 0.388 e. The fourth-order valence-electron chi connectivity index (χ4n) is 3.72. The van der Waals surface area contributed by atoms with Gasteiger partial charge in [-0.05, 0) is 44.2 Å². The minimum absolute atomic E-state index is 0.231. The number of aliphatic hydroxyl groups excluding tert-OH is 1. The van der Waals surface area contributed by atoms with Gasteiger partial charge in [0.25, 0.3) is 0 Å². The topological polar surface area (TPSA) is 52.6 Å². The lowest BCUT2D eigenvalue weighted by atomic mass is 9.84. The quantitative estimate of drug-likeness (QED) is 0.897. The third-order valence-electron chi connectivity index (χ3n) is 5.30. The summed E-state index contributed by atoms with van der Waals surface area (Å²) >= 11 is 0. The molecule has 2 aliphatic rings. The Hall–Kier alpha value is -1.39. The summed E-state index contributed by atoms with van der Waals surface area (Å²) in [6.45, 7) is 5.33. The van der Waals surface area contributed by atoms with Gasteiger partial charge < -0.3 is 15.3 Å². The standard InChI is InChI=1S/C18H26N2O2/c1-18(9-10-19-13-18)17(22)20-11-7-15(8-12-20)16(21)14-5-3-2-4-6-14/h2-6,15-16,19,21H,7-13H2,1H3. The Labute approximate surface area is 132 Å². The van der Waals surface area contributed by atoms with Gasteiger partial charge >= 0.3 is 0 Å². The van der Waals surface area contributed by atoms with Crippen molar-refractivity contribution >= 4 is 5.91 Å². The van der Waals surface area contributed by atoms with Gasteiger partial charge in [-0.25, -0.2) is 0 Å². The lowest BCUT2D eigenvalue weighted by Gasteiger charge is -2.38. The highest BCUT2D eigenvalue weighted by Gasteiger charge is 2.40. The Bertz CT molecular complexity index is 503. The Morgan fingerprint density at radius 3 is 2.59 bits per heavy atom. The predicted octanol–water partition coefficient (Wildman–Crippen LogP) is 1.96. The minimum Gasteiger partial charge on any atom is -0.388 e. The molecule has 0 saturated carbocycles. The zero-order valence-electron chi connectivity index (χ0n) is 13.3. The van der Waals surface area contributed by atoms with Gasteiger partial charge in [0.05, 0.1) is 11.5 Å². The first-order valence-corrected chi connectivity index (χ1v) is 8.33. The van der Waals surface area contributed by atoms with Gasteiger partial charge in [-0.3, -0.25) is 4.79 Å². The summed E-state index contributed by atoms with van der Waals surface area (Å²) in [5.74, 6) is 0.533. The maximum atomic E-state index is 12.7. The van der Waals surface area contributed by atoms with E-state index in [9.17, 15) is 9.90 Å². The van der Waals surface area contributed by atoms with Gasteiger partial charge in [-0.15, -0.1) is 0 Å². The first-order chi connectivity index (χ1) is 10.6. The monoisotopic (exact) mass is 302 g/mol. The molecular formula is C18H26N2O2. The molecule has 4 nitrogen and oxygen atoms in total. The highest BCUT2D eigenvalue weighted by atomic mass is 16.3. The van der Waals surface area contributed by atoms with Crippen molar-refractivity contribution in [1.82, 2.24) is 10.2 Å². The molecular weight excluding hydrogens is 276 g/mol. The molecule has 0 spiro atoms. The van der Waals surface area contributed by atoms with Crippen LogP contribution in [0.1, 0.15) is 37.9 Å². The van der Waals surface area contributed by atoms with Crippen molar-refractivity contribution in [2.45, 2.75) is 32.3 Å². The summed E-state index contributed by atoms with van der Waals surface area (Å²) in [6.07, 6.45) is 2.27. The van der Waals surface area contributed by atoms with Crippen molar-refractivity contribution < 1.29 is 9.90 Å². The summed E-state index contributed by atoms with van der Waals surface area (Å²) in [4.78, 5) is 14.7. The molecule has 22 heavy (non-hydrogen) atoms. The first-order valence-electron chi connectivity index (χ1n) is 8.33. The van der Waals surface area contributed by atoms with E-state index in [0.717, 1.165) is 51.0 Å². The smallest absolute Gasteiger partial charge is 0.229 e. The van der Waals surface area contributed by atoms with Crippen LogP contribution >= 0.6 is 0 Å². The molecule has 120 valence electrons. The van der Waals surface area contributed by atoms with Crippen LogP contribution in [0, 0.1) is 11.3 Å². The summed E-state index contributed by atoms with van der Waals surface area (Å²) in [5, 5.41) is 13.8. The molecule has 1 aromatic rings. The van der Waals surface area contributed by atoms with Crippen LogP contribution in [-0.2, 0) is 4.79 Å². The summed E-state index contributed by atoms with van der Waals surface area (Å²) in [6, 6.07) is 9.85. The lowest BCUT2D eigenvalue weighted by Crippen LogP contribution is -2.47. The van der Waals surface area contributed by atoms with Crippen LogP contribution in [0.4, 0.5) is 0 Å². The van der Waals surface area contributed by atoms with Crippen molar-refractivity contribution in [2.24, 2.45) is 11.3 Å². The molecule has 0 bridgehead atoms. The number of piperidine rings is 1. The van der Waals surface area contributed by atoms with E-state index in [1.165, 1.54) is 0 Å². The normalized spacial score (nSPS) is 27.8. The number of hydrogen-bond acceptors (Lipinski definition) is 3. The predicted molar refractivity (Wildman–Crippen MR) is 86.3 cm³/mol. The molecule has 2 N–H and O–H groups in total. The third-order valence-corrected chi connectivity index (χ3v) is 5.30. The maximum absolute atomic E-state index is 12.7. The number of hydrogen-bond donors (Lipinski definition) is 2. The van der Waals surface area contributed by atoms with E-state index in [1.54, 1.807) is 0 Å². The zero-order valence-corrected chi connectivity index (χ0v) is 13.3. The molecule has 4 heteroatoms. The molecule has 0 aliphatic carbocycles. The number of nitrogens with one attached hydrogen (secondary N) is 1. The highest BCUT2D eigenvalue weighted by Crippen LogP contribution is 2.33. The molecule has 0 radical (unpaired) electrons. The number of aliphatic hydroxyl groups is 1. The Morgan fingerprint density at radius 1 is 1.32 bits per heavy atom. The second-order valence-corrected chi connectivity index (χ2v) is 6.97. The molecule has 3 rings (SSSR count). The van der Waals surface area contributed by atoms with Gasteiger partial charge in [0.15, 0.2) is 0 Å². The van der Waals surface area contributed by atoms with E-state index in [0.29, 0.717) is 0 Å². The van der Waals surface area contributed by atoms with Crippen LogP contribution < -0.4 is 5.32 Å². The SMILES string of the molecule is CC1(C(=O)N2CCC(C(O)c3ccccc3)CC2)CCNC1. The van der Waals surface area contributed by atoms with Crippen LogP contribution in [0.2, 0.25) is 0 Å². The number of carbonyl (C=O) groups excluding carboxylic acids is 1. The highest BCUT2D eigenvalue weighted by molar-refractivity contribution is 5.83. The number of amides is 1. The van der Waals surface area contributed by atoms with Gasteiger partial charge in [-0.2, -0.15) is 0 Å². The second kappa shape index (κ2) is 6.39. The van der Waals surface area contributed by atoms with E-state index in [2.05, 4.69) is 12.2 Å². The maximum Gasteiger partial charge on any atom is 0.229 e. The van der Waals surface area contributed by atoms with Gasteiger partial charge in [0.2, 0.25) is 5.91 Å². The number of carbonyl (C=O) groups is 1. The van der Waals surface area contributed by atoms with Crippen molar-refractivity contribution in [2.75, 3.05) is 26.2 Å². The zero-order chi connectivity index (χ0) is 15.6. The summed E-state index contributed by atoms with van der Waals surface area (Å²) in [5.41, 5.74) is 0.754. The fourth-order valence-corrected chi connectivity index (χ4v) is 3.72. The van der Waals surface area contributed by atoms with Crippen molar-refractivity contribution in [3.05, 3.63) is 35.9 Å². The van der Waals surface area contributed by atoms with Crippen molar-refractivity contribution in [1.29, 1.82) is 0 Å². The Morgan fingerprint density at radius 2 is 2.00 bits per heavy atom. The van der Waals surface area contributed by atoms with Crippen molar-refractivity contribution in [3.8, 4) is 0 Å². The van der Waals surface area contributed by atoms with Crippen LogP contribution in [-0.4, -0.2) is 42.1 Å².